The molecule has 0 aliphatic carbocycles. The number of nitrogens with zero attached hydrogens (tertiary/aromatic N) is 1. The van der Waals surface area contributed by atoms with Gasteiger partial charge in [0.25, 0.3) is 5.91 Å². The van der Waals surface area contributed by atoms with E-state index < -0.39 is 10.0 Å². The molecular formula is C22H28N2O3S. The molecule has 0 bridgehead atoms. The van der Waals surface area contributed by atoms with Gasteiger partial charge in [0.15, 0.2) is 0 Å². The van der Waals surface area contributed by atoms with Crippen molar-refractivity contribution >= 4 is 15.9 Å². The summed E-state index contributed by atoms with van der Waals surface area (Å²) in [6, 6.07) is 12.9. The molecule has 2 aromatic rings. The molecule has 0 unspecified atom stereocenters. The highest BCUT2D eigenvalue weighted by atomic mass is 32.2. The summed E-state index contributed by atoms with van der Waals surface area (Å²) in [5.41, 5.74) is 4.66. The molecule has 3 rings (SSSR count). The molecule has 2 aromatic carbocycles. The highest BCUT2D eigenvalue weighted by Gasteiger charge is 2.25. The first-order valence-corrected chi connectivity index (χ1v) is 11.3. The van der Waals surface area contributed by atoms with Gasteiger partial charge >= 0.3 is 0 Å². The minimum absolute atomic E-state index is 0.0200. The van der Waals surface area contributed by atoms with E-state index in [0.717, 1.165) is 24.0 Å². The third-order valence-electron chi connectivity index (χ3n) is 5.26. The molecule has 0 aromatic heterocycles. The molecule has 1 N–H and O–H groups in total. The first kappa shape index (κ1) is 20.6. The first-order valence-electron chi connectivity index (χ1n) is 9.71. The number of sulfonamides is 1. The Morgan fingerprint density at radius 2 is 1.71 bits per heavy atom. The van der Waals surface area contributed by atoms with Gasteiger partial charge in [-0.05, 0) is 62.4 Å². The number of aryl methyl sites for hydroxylation is 2. The Labute approximate surface area is 167 Å². The highest BCUT2D eigenvalue weighted by Crippen LogP contribution is 2.20. The third-order valence-corrected chi connectivity index (χ3v) is 7.11. The van der Waals surface area contributed by atoms with Crippen molar-refractivity contribution in [3.8, 4) is 0 Å². The van der Waals surface area contributed by atoms with Gasteiger partial charge in [-0.2, -0.15) is 0 Å². The maximum atomic E-state index is 12.6. The van der Waals surface area contributed by atoms with Gasteiger partial charge in [0.1, 0.15) is 0 Å². The lowest BCUT2D eigenvalue weighted by Crippen LogP contribution is -2.29. The number of rotatable bonds is 6. The number of benzene rings is 2. The van der Waals surface area contributed by atoms with Crippen LogP contribution in [0.4, 0.5) is 0 Å². The second kappa shape index (κ2) is 8.45. The van der Waals surface area contributed by atoms with Gasteiger partial charge in [0.2, 0.25) is 10.0 Å². The average Bonchev–Trinajstić information content (AvgIpc) is 3.17. The number of carbonyl (C=O) groups is 1. The summed E-state index contributed by atoms with van der Waals surface area (Å²) in [5.74, 6) is -0.185. The van der Waals surface area contributed by atoms with E-state index in [1.807, 2.05) is 32.9 Å². The lowest BCUT2D eigenvalue weighted by Gasteiger charge is -2.18. The quantitative estimate of drug-likeness (QED) is 0.804. The second-order valence-corrected chi connectivity index (χ2v) is 9.58. The topological polar surface area (TPSA) is 66.5 Å². The van der Waals surface area contributed by atoms with Gasteiger partial charge in [-0.25, -0.2) is 12.7 Å². The summed E-state index contributed by atoms with van der Waals surface area (Å²) < 4.78 is 26.4. The molecule has 150 valence electrons. The van der Waals surface area contributed by atoms with Gasteiger partial charge in [-0.3, -0.25) is 4.79 Å². The molecule has 1 aliphatic heterocycles. The highest BCUT2D eigenvalue weighted by molar-refractivity contribution is 7.88. The number of hydrogen-bond donors (Lipinski definition) is 1. The van der Waals surface area contributed by atoms with Crippen LogP contribution in [0.5, 0.6) is 0 Å². The van der Waals surface area contributed by atoms with Gasteiger partial charge in [0.05, 0.1) is 11.8 Å². The summed E-state index contributed by atoms with van der Waals surface area (Å²) in [7, 11) is -3.28. The zero-order chi connectivity index (χ0) is 20.3. The number of nitrogens with one attached hydrogen (secondary N) is 1. The van der Waals surface area contributed by atoms with Gasteiger partial charge in [0, 0.05) is 18.7 Å². The van der Waals surface area contributed by atoms with Crippen LogP contribution in [-0.2, 0) is 15.8 Å². The molecule has 1 atom stereocenters. The van der Waals surface area contributed by atoms with E-state index in [2.05, 4.69) is 11.4 Å². The standard InChI is InChI=1S/C22H28N2O3S/c1-16-6-11-21(17(2)14-16)18(3)23-22(25)20-9-7-19(8-10-20)15-28(26,27)24-12-4-5-13-24/h6-11,14,18H,4-5,12-13,15H2,1-3H3,(H,23,25)/t18-/m0/s1. The average molecular weight is 401 g/mol. The van der Waals surface area contributed by atoms with E-state index in [1.165, 1.54) is 5.56 Å². The molecule has 6 heteroatoms. The lowest BCUT2D eigenvalue weighted by molar-refractivity contribution is 0.0940. The molecule has 0 spiro atoms. The van der Waals surface area contributed by atoms with Crippen LogP contribution in [0.2, 0.25) is 0 Å². The first-order chi connectivity index (χ1) is 13.3. The predicted molar refractivity (Wildman–Crippen MR) is 112 cm³/mol. The van der Waals surface area contributed by atoms with Crippen molar-refractivity contribution in [2.75, 3.05) is 13.1 Å². The van der Waals surface area contributed by atoms with Crippen molar-refractivity contribution in [1.29, 1.82) is 0 Å². The zero-order valence-electron chi connectivity index (χ0n) is 16.7. The van der Waals surface area contributed by atoms with Crippen molar-refractivity contribution in [3.05, 3.63) is 70.3 Å². The Bertz CT molecular complexity index is 946. The summed E-state index contributed by atoms with van der Waals surface area (Å²) in [6.45, 7) is 7.27. The van der Waals surface area contributed by atoms with Gasteiger partial charge in [-0.15, -0.1) is 0 Å². The van der Waals surface area contributed by atoms with Gasteiger partial charge in [-0.1, -0.05) is 35.9 Å². The number of hydrogen-bond acceptors (Lipinski definition) is 3. The largest absolute Gasteiger partial charge is 0.346 e. The summed E-state index contributed by atoms with van der Waals surface area (Å²) in [4.78, 5) is 12.6. The Morgan fingerprint density at radius 1 is 1.07 bits per heavy atom. The lowest BCUT2D eigenvalue weighted by atomic mass is 10.00. The zero-order valence-corrected chi connectivity index (χ0v) is 17.6. The SMILES string of the molecule is Cc1ccc([C@H](C)NC(=O)c2ccc(CS(=O)(=O)N3CCCC3)cc2)c(C)c1. The Balaban J connectivity index is 1.65. The fourth-order valence-electron chi connectivity index (χ4n) is 3.69. The normalized spacial score (nSPS) is 16.1. The van der Waals surface area contributed by atoms with Crippen LogP contribution in [0.3, 0.4) is 0 Å². The summed E-state index contributed by atoms with van der Waals surface area (Å²) >= 11 is 0. The molecule has 1 saturated heterocycles. The molecule has 5 nitrogen and oxygen atoms in total. The Morgan fingerprint density at radius 3 is 2.32 bits per heavy atom. The van der Waals surface area contributed by atoms with Crippen molar-refractivity contribution in [2.24, 2.45) is 0 Å². The van der Waals surface area contributed by atoms with Crippen molar-refractivity contribution in [3.63, 3.8) is 0 Å². The molecule has 1 fully saturated rings. The fraction of sp³-hybridized carbons (Fsp3) is 0.409. The predicted octanol–water partition coefficient (Wildman–Crippen LogP) is 3.72. The van der Waals surface area contributed by atoms with E-state index >= 15 is 0 Å². The third kappa shape index (κ3) is 4.80. The van der Waals surface area contributed by atoms with E-state index in [4.69, 9.17) is 0 Å². The van der Waals surface area contributed by atoms with Crippen molar-refractivity contribution < 1.29 is 13.2 Å². The van der Waals surface area contributed by atoms with Crippen LogP contribution in [0, 0.1) is 13.8 Å². The van der Waals surface area contributed by atoms with Crippen LogP contribution in [0.25, 0.3) is 0 Å². The van der Waals surface area contributed by atoms with Crippen molar-refractivity contribution in [2.45, 2.75) is 45.4 Å². The maximum Gasteiger partial charge on any atom is 0.251 e. The molecular weight excluding hydrogens is 372 g/mol. The van der Waals surface area contributed by atoms with Crippen LogP contribution < -0.4 is 5.32 Å². The van der Waals surface area contributed by atoms with Crippen molar-refractivity contribution in [1.82, 2.24) is 9.62 Å². The van der Waals surface area contributed by atoms with E-state index in [9.17, 15) is 13.2 Å². The number of carbonyl (C=O) groups excluding carboxylic acids is 1. The minimum Gasteiger partial charge on any atom is -0.346 e. The summed E-state index contributed by atoms with van der Waals surface area (Å²) in [5, 5.41) is 3.02. The second-order valence-electron chi connectivity index (χ2n) is 7.61. The smallest absolute Gasteiger partial charge is 0.251 e. The van der Waals surface area contributed by atoms with Crippen LogP contribution >= 0.6 is 0 Å². The molecule has 1 aliphatic rings. The van der Waals surface area contributed by atoms with Gasteiger partial charge < -0.3 is 5.32 Å². The molecule has 0 radical (unpaired) electrons. The summed E-state index contributed by atoms with van der Waals surface area (Å²) in [6.07, 6.45) is 1.86. The van der Waals surface area contributed by atoms with E-state index in [-0.39, 0.29) is 17.7 Å². The molecule has 0 saturated carbocycles. The molecule has 1 heterocycles. The monoisotopic (exact) mass is 400 g/mol. The van der Waals surface area contributed by atoms with Crippen LogP contribution in [-0.4, -0.2) is 31.7 Å². The minimum atomic E-state index is -3.28. The molecule has 1 amide bonds. The Kier molecular flexibility index (Phi) is 6.20. The van der Waals surface area contributed by atoms with Crippen LogP contribution in [0.1, 0.15) is 58.4 Å². The fourth-order valence-corrected chi connectivity index (χ4v) is 5.30. The van der Waals surface area contributed by atoms with E-state index in [1.54, 1.807) is 28.6 Å². The Hall–Kier alpha value is -2.18. The van der Waals surface area contributed by atoms with E-state index in [0.29, 0.717) is 24.2 Å². The van der Waals surface area contributed by atoms with Crippen LogP contribution in [0.15, 0.2) is 42.5 Å². The number of amides is 1. The molecule has 28 heavy (non-hydrogen) atoms. The maximum absolute atomic E-state index is 12.6.